The molecule has 2 aliphatic rings. The van der Waals surface area contributed by atoms with Gasteiger partial charge < -0.3 is 14.3 Å². The first kappa shape index (κ1) is 13.3. The number of fused-ring (bicyclic) bond motifs is 3. The predicted molar refractivity (Wildman–Crippen MR) is 82.8 cm³/mol. The fourth-order valence-electron chi connectivity index (χ4n) is 2.87. The molecule has 0 radical (unpaired) electrons. The van der Waals surface area contributed by atoms with E-state index in [4.69, 9.17) is 14.3 Å². The standard InChI is InChI=1S/C18H17NO3/c1-18(2)21-17-15(19-22-18)13-10-6-7-11-14(13)20-16(17)12-8-4-3-5-9-12/h3-11,16-17H,1-2H3/t16?,17-/m0/s1. The third-order valence-corrected chi connectivity index (χ3v) is 3.86. The van der Waals surface area contributed by atoms with Crippen molar-refractivity contribution in [2.45, 2.75) is 31.8 Å². The monoisotopic (exact) mass is 295 g/mol. The Morgan fingerprint density at radius 3 is 2.45 bits per heavy atom. The van der Waals surface area contributed by atoms with Crippen LogP contribution in [0, 0.1) is 0 Å². The lowest BCUT2D eigenvalue weighted by atomic mass is 9.92. The normalized spacial score (nSPS) is 25.1. The van der Waals surface area contributed by atoms with Crippen molar-refractivity contribution in [1.29, 1.82) is 0 Å². The molecule has 0 bridgehead atoms. The molecule has 0 fully saturated rings. The maximum Gasteiger partial charge on any atom is 0.231 e. The maximum absolute atomic E-state index is 6.22. The van der Waals surface area contributed by atoms with E-state index in [-0.39, 0.29) is 12.2 Å². The number of hydrogen-bond donors (Lipinski definition) is 0. The summed E-state index contributed by atoms with van der Waals surface area (Å²) in [6.45, 7) is 3.71. The number of nitrogens with zero attached hydrogens (tertiary/aromatic N) is 1. The highest BCUT2D eigenvalue weighted by atomic mass is 16.8. The van der Waals surface area contributed by atoms with Crippen LogP contribution in [0.15, 0.2) is 59.8 Å². The van der Waals surface area contributed by atoms with Crippen LogP contribution in [0.5, 0.6) is 5.75 Å². The van der Waals surface area contributed by atoms with Crippen molar-refractivity contribution < 1.29 is 14.3 Å². The number of rotatable bonds is 1. The van der Waals surface area contributed by atoms with E-state index in [0.29, 0.717) is 0 Å². The van der Waals surface area contributed by atoms with Gasteiger partial charge >= 0.3 is 0 Å². The number of hydrogen-bond acceptors (Lipinski definition) is 4. The van der Waals surface area contributed by atoms with E-state index in [9.17, 15) is 0 Å². The van der Waals surface area contributed by atoms with Gasteiger partial charge in [0.2, 0.25) is 5.79 Å². The summed E-state index contributed by atoms with van der Waals surface area (Å²) in [5.74, 6) is 0.0369. The van der Waals surface area contributed by atoms with Gasteiger partial charge in [-0.1, -0.05) is 47.6 Å². The Morgan fingerprint density at radius 1 is 0.909 bits per heavy atom. The average Bonchev–Trinajstić information content (AvgIpc) is 2.54. The van der Waals surface area contributed by atoms with Crippen molar-refractivity contribution in [3.8, 4) is 5.75 Å². The van der Waals surface area contributed by atoms with Gasteiger partial charge in [-0.05, 0) is 17.7 Å². The van der Waals surface area contributed by atoms with E-state index in [1.165, 1.54) is 0 Å². The minimum Gasteiger partial charge on any atom is -0.482 e. The van der Waals surface area contributed by atoms with Crippen LogP contribution in [0.25, 0.3) is 0 Å². The first-order chi connectivity index (χ1) is 10.6. The first-order valence-electron chi connectivity index (χ1n) is 7.39. The molecular weight excluding hydrogens is 278 g/mol. The molecule has 2 aromatic carbocycles. The summed E-state index contributed by atoms with van der Waals surface area (Å²) in [6.07, 6.45) is -0.529. The van der Waals surface area contributed by atoms with Crippen molar-refractivity contribution in [1.82, 2.24) is 0 Å². The summed E-state index contributed by atoms with van der Waals surface area (Å²) < 4.78 is 12.3. The van der Waals surface area contributed by atoms with E-state index in [0.717, 1.165) is 22.6 Å². The Kier molecular flexibility index (Phi) is 2.94. The van der Waals surface area contributed by atoms with E-state index >= 15 is 0 Å². The van der Waals surface area contributed by atoms with Crippen LogP contribution in [0.3, 0.4) is 0 Å². The molecule has 22 heavy (non-hydrogen) atoms. The van der Waals surface area contributed by atoms with Gasteiger partial charge in [-0.25, -0.2) is 0 Å². The highest BCUT2D eigenvalue weighted by molar-refractivity contribution is 6.07. The molecule has 1 unspecified atom stereocenters. The summed E-state index contributed by atoms with van der Waals surface area (Å²) in [4.78, 5) is 5.49. The van der Waals surface area contributed by atoms with Crippen LogP contribution < -0.4 is 4.74 Å². The molecule has 0 N–H and O–H groups in total. The minimum absolute atomic E-state index is 0.238. The zero-order valence-corrected chi connectivity index (χ0v) is 12.5. The lowest BCUT2D eigenvalue weighted by Gasteiger charge is -2.41. The highest BCUT2D eigenvalue weighted by Crippen LogP contribution is 2.40. The van der Waals surface area contributed by atoms with Crippen LogP contribution in [-0.4, -0.2) is 17.6 Å². The molecule has 2 aromatic rings. The third kappa shape index (κ3) is 2.16. The van der Waals surface area contributed by atoms with E-state index < -0.39 is 5.79 Å². The molecule has 0 saturated heterocycles. The number of para-hydroxylation sites is 1. The fourth-order valence-corrected chi connectivity index (χ4v) is 2.87. The van der Waals surface area contributed by atoms with Crippen LogP contribution in [0.1, 0.15) is 31.1 Å². The second kappa shape index (κ2) is 4.85. The lowest BCUT2D eigenvalue weighted by Crippen LogP contribution is -2.48. The number of oxime groups is 1. The molecule has 112 valence electrons. The molecule has 2 heterocycles. The molecule has 2 atom stereocenters. The minimum atomic E-state index is -0.767. The second-order valence-corrected chi connectivity index (χ2v) is 5.95. The fraction of sp³-hybridized carbons (Fsp3) is 0.278. The zero-order valence-electron chi connectivity index (χ0n) is 12.5. The molecule has 0 aromatic heterocycles. The number of benzene rings is 2. The summed E-state index contributed by atoms with van der Waals surface area (Å²) in [6, 6.07) is 17.9. The van der Waals surface area contributed by atoms with Crippen LogP contribution in [0.2, 0.25) is 0 Å². The molecule has 0 saturated carbocycles. The van der Waals surface area contributed by atoms with E-state index in [2.05, 4.69) is 5.16 Å². The molecule has 0 spiro atoms. The molecule has 4 heteroatoms. The van der Waals surface area contributed by atoms with Crippen LogP contribution in [0.4, 0.5) is 0 Å². The Morgan fingerprint density at radius 2 is 1.64 bits per heavy atom. The maximum atomic E-state index is 6.22. The van der Waals surface area contributed by atoms with Gasteiger partial charge in [-0.3, -0.25) is 0 Å². The van der Waals surface area contributed by atoms with Gasteiger partial charge in [0.05, 0.1) is 0 Å². The Hall–Kier alpha value is -2.33. The molecular formula is C18H17NO3. The van der Waals surface area contributed by atoms with Crippen molar-refractivity contribution in [2.24, 2.45) is 5.16 Å². The van der Waals surface area contributed by atoms with Crippen molar-refractivity contribution in [3.63, 3.8) is 0 Å². The van der Waals surface area contributed by atoms with Gasteiger partial charge in [0, 0.05) is 19.4 Å². The topological polar surface area (TPSA) is 40.0 Å². The van der Waals surface area contributed by atoms with Crippen LogP contribution >= 0.6 is 0 Å². The SMILES string of the molecule is CC1(C)ON=C2c3ccccc3OC(c3ccccc3)[C@H]2O1. The van der Waals surface area contributed by atoms with Crippen molar-refractivity contribution >= 4 is 5.71 Å². The Labute approximate surface area is 129 Å². The molecule has 2 aliphatic heterocycles. The summed E-state index contributed by atoms with van der Waals surface area (Å²) in [5.41, 5.74) is 2.78. The van der Waals surface area contributed by atoms with Gasteiger partial charge in [0.1, 0.15) is 17.6 Å². The largest absolute Gasteiger partial charge is 0.482 e. The number of ether oxygens (including phenoxy) is 2. The van der Waals surface area contributed by atoms with E-state index in [1.54, 1.807) is 0 Å². The third-order valence-electron chi connectivity index (χ3n) is 3.86. The van der Waals surface area contributed by atoms with Gasteiger partial charge in [-0.15, -0.1) is 0 Å². The van der Waals surface area contributed by atoms with Crippen molar-refractivity contribution in [3.05, 3.63) is 65.7 Å². The molecule has 4 rings (SSSR count). The predicted octanol–water partition coefficient (Wildman–Crippen LogP) is 3.68. The molecule has 4 nitrogen and oxygen atoms in total. The van der Waals surface area contributed by atoms with E-state index in [1.807, 2.05) is 68.4 Å². The average molecular weight is 295 g/mol. The second-order valence-electron chi connectivity index (χ2n) is 5.95. The molecule has 0 amide bonds. The Balaban J connectivity index is 1.85. The quantitative estimate of drug-likeness (QED) is 0.806. The Bertz CT molecular complexity index is 724. The van der Waals surface area contributed by atoms with Gasteiger partial charge in [-0.2, -0.15) is 0 Å². The van der Waals surface area contributed by atoms with Crippen LogP contribution in [-0.2, 0) is 9.57 Å². The summed E-state index contributed by atoms with van der Waals surface area (Å²) in [7, 11) is 0. The highest BCUT2D eigenvalue weighted by Gasteiger charge is 2.44. The van der Waals surface area contributed by atoms with Gasteiger partial charge in [0.25, 0.3) is 0 Å². The molecule has 0 aliphatic carbocycles. The zero-order chi connectivity index (χ0) is 15.2. The summed E-state index contributed by atoms with van der Waals surface area (Å²) in [5, 5.41) is 4.33. The smallest absolute Gasteiger partial charge is 0.231 e. The first-order valence-corrected chi connectivity index (χ1v) is 7.39. The van der Waals surface area contributed by atoms with Crippen molar-refractivity contribution in [2.75, 3.05) is 0 Å². The summed E-state index contributed by atoms with van der Waals surface area (Å²) >= 11 is 0. The van der Waals surface area contributed by atoms with Gasteiger partial charge in [0.15, 0.2) is 6.10 Å². The lowest BCUT2D eigenvalue weighted by molar-refractivity contribution is -0.252.